The van der Waals surface area contributed by atoms with Crippen molar-refractivity contribution in [1.29, 1.82) is 0 Å². The Bertz CT molecular complexity index is 580. The largest absolute Gasteiger partial charge is 0.256 e. The van der Waals surface area contributed by atoms with Gasteiger partial charge in [-0.05, 0) is 65.8 Å². The lowest BCUT2D eigenvalue weighted by atomic mass is 10.1. The van der Waals surface area contributed by atoms with E-state index in [4.69, 9.17) is 0 Å². The zero-order valence-electron chi connectivity index (χ0n) is 14.7. The van der Waals surface area contributed by atoms with Gasteiger partial charge in [0.05, 0.1) is 35.2 Å². The quantitative estimate of drug-likeness (QED) is 0.653. The molecule has 0 fully saturated rings. The second-order valence-electron chi connectivity index (χ2n) is 6.88. The molecule has 118 valence electrons. The maximum absolute atomic E-state index is 4.52. The summed E-state index contributed by atoms with van der Waals surface area (Å²) < 4.78 is 0. The van der Waals surface area contributed by atoms with Crippen LogP contribution >= 0.6 is 7.26 Å². The van der Waals surface area contributed by atoms with Crippen molar-refractivity contribution >= 4 is 12.6 Å². The molecule has 0 aliphatic rings. The minimum absolute atomic E-state index is 0.700. The summed E-state index contributed by atoms with van der Waals surface area (Å²) in [6.07, 6.45) is 1.87. The highest BCUT2D eigenvalue weighted by Crippen LogP contribution is 2.69. The molecule has 1 aromatic carbocycles. The first-order valence-corrected chi connectivity index (χ1v) is 10.3. The molecule has 2 aromatic rings. The second kappa shape index (κ2) is 6.92. The molecule has 0 amide bonds. The van der Waals surface area contributed by atoms with Crippen LogP contribution in [0.1, 0.15) is 41.5 Å². The van der Waals surface area contributed by atoms with E-state index in [1.807, 2.05) is 12.3 Å². The minimum Gasteiger partial charge on any atom is -0.256 e. The molecule has 0 N–H and O–H groups in total. The van der Waals surface area contributed by atoms with Crippen LogP contribution in [-0.2, 0) is 0 Å². The number of benzene rings is 1. The van der Waals surface area contributed by atoms with Crippen molar-refractivity contribution in [3.8, 4) is 11.3 Å². The van der Waals surface area contributed by atoms with Gasteiger partial charge in [0.1, 0.15) is 0 Å². The zero-order valence-corrected chi connectivity index (χ0v) is 15.6. The van der Waals surface area contributed by atoms with Crippen molar-refractivity contribution in [2.24, 2.45) is 0 Å². The Kier molecular flexibility index (Phi) is 5.40. The summed E-state index contributed by atoms with van der Waals surface area (Å²) in [5.41, 5.74) is 4.41. The predicted octanol–water partition coefficient (Wildman–Crippen LogP) is 5.62. The van der Waals surface area contributed by atoms with Crippen molar-refractivity contribution in [1.82, 2.24) is 4.98 Å². The third-order valence-electron chi connectivity index (χ3n) is 4.82. The molecule has 2 rings (SSSR count). The van der Waals surface area contributed by atoms with Crippen LogP contribution in [0.15, 0.2) is 48.7 Å². The zero-order chi connectivity index (χ0) is 16.3. The number of rotatable bonds is 5. The maximum Gasteiger partial charge on any atom is 0.0954 e. The summed E-state index contributed by atoms with van der Waals surface area (Å²) in [6.45, 7) is 14.4. The molecule has 0 atom stereocenters. The molecule has 0 aliphatic heterocycles. The molecule has 0 bridgehead atoms. The van der Waals surface area contributed by atoms with Crippen molar-refractivity contribution in [3.63, 3.8) is 0 Å². The molecule has 1 heterocycles. The number of pyridine rings is 1. The van der Waals surface area contributed by atoms with Crippen LogP contribution < -0.4 is 5.30 Å². The molecule has 0 saturated heterocycles. The molecule has 0 spiro atoms. The van der Waals surface area contributed by atoms with Gasteiger partial charge in [-0.1, -0.05) is 18.2 Å². The van der Waals surface area contributed by atoms with Gasteiger partial charge >= 0.3 is 0 Å². The summed E-state index contributed by atoms with van der Waals surface area (Å²) in [6, 6.07) is 15.3. The summed E-state index contributed by atoms with van der Waals surface area (Å²) in [5.74, 6) is 0. The third-order valence-corrected chi connectivity index (χ3v) is 11.1. The van der Waals surface area contributed by atoms with E-state index in [-0.39, 0.29) is 0 Å². The average Bonchev–Trinajstić information content (AvgIpc) is 2.48. The van der Waals surface area contributed by atoms with E-state index in [1.54, 1.807) is 5.30 Å². The SMILES string of the molecule is CC(C)[P+](c1cccc(-c2ccccn2)c1)(C(C)C)C(C)C. The molecular formula is C20H29NP+. The van der Waals surface area contributed by atoms with Crippen molar-refractivity contribution in [2.45, 2.75) is 58.5 Å². The Hall–Kier alpha value is -1.20. The Balaban J connectivity index is 2.59. The number of hydrogen-bond donors (Lipinski definition) is 0. The normalized spacial score (nSPS) is 12.4. The lowest BCUT2D eigenvalue weighted by molar-refractivity contribution is 0.927. The summed E-state index contributed by atoms with van der Waals surface area (Å²) in [7, 11) is -1.24. The van der Waals surface area contributed by atoms with Crippen LogP contribution in [0.5, 0.6) is 0 Å². The number of aromatic nitrogens is 1. The fourth-order valence-corrected chi connectivity index (χ4v) is 10.2. The van der Waals surface area contributed by atoms with Gasteiger partial charge in [-0.25, -0.2) is 0 Å². The molecule has 1 aromatic heterocycles. The lowest BCUT2D eigenvalue weighted by Crippen LogP contribution is -2.32. The third kappa shape index (κ3) is 2.97. The minimum atomic E-state index is -1.24. The van der Waals surface area contributed by atoms with E-state index in [0.29, 0.717) is 17.0 Å². The van der Waals surface area contributed by atoms with E-state index < -0.39 is 7.26 Å². The van der Waals surface area contributed by atoms with Crippen LogP contribution in [0, 0.1) is 0 Å². The monoisotopic (exact) mass is 314 g/mol. The van der Waals surface area contributed by atoms with Gasteiger partial charge in [0.15, 0.2) is 0 Å². The van der Waals surface area contributed by atoms with Crippen molar-refractivity contribution < 1.29 is 0 Å². The van der Waals surface area contributed by atoms with Gasteiger partial charge < -0.3 is 0 Å². The molecule has 2 heteroatoms. The molecule has 0 radical (unpaired) electrons. The van der Waals surface area contributed by atoms with Crippen LogP contribution in [0.25, 0.3) is 11.3 Å². The highest BCUT2D eigenvalue weighted by atomic mass is 31.2. The van der Waals surface area contributed by atoms with Crippen molar-refractivity contribution in [3.05, 3.63) is 48.7 Å². The standard InChI is InChI=1S/C20H29NP/c1-15(2)22(16(3)4,17(5)6)19-11-9-10-18(14-19)20-12-7-8-13-21-20/h7-17H,1-6H3/q+1. The first kappa shape index (κ1) is 17.2. The van der Waals surface area contributed by atoms with Crippen LogP contribution in [0.3, 0.4) is 0 Å². The van der Waals surface area contributed by atoms with Crippen LogP contribution in [-0.4, -0.2) is 22.0 Å². The first-order chi connectivity index (χ1) is 10.4. The second-order valence-corrected chi connectivity index (χ2v) is 12.2. The van der Waals surface area contributed by atoms with Gasteiger partial charge in [-0.2, -0.15) is 0 Å². The van der Waals surface area contributed by atoms with Crippen LogP contribution in [0.4, 0.5) is 0 Å². The fraction of sp³-hybridized carbons (Fsp3) is 0.450. The van der Waals surface area contributed by atoms with E-state index in [9.17, 15) is 0 Å². The predicted molar refractivity (Wildman–Crippen MR) is 102 cm³/mol. The van der Waals surface area contributed by atoms with Gasteiger partial charge in [0.2, 0.25) is 0 Å². The fourth-order valence-electron chi connectivity index (χ4n) is 4.12. The highest BCUT2D eigenvalue weighted by Gasteiger charge is 2.49. The van der Waals surface area contributed by atoms with Crippen molar-refractivity contribution in [2.75, 3.05) is 0 Å². The number of hydrogen-bond acceptors (Lipinski definition) is 1. The maximum atomic E-state index is 4.52. The van der Waals surface area contributed by atoms with Gasteiger partial charge in [-0.15, -0.1) is 0 Å². The van der Waals surface area contributed by atoms with E-state index >= 15 is 0 Å². The first-order valence-electron chi connectivity index (χ1n) is 8.30. The highest BCUT2D eigenvalue weighted by molar-refractivity contribution is 7.84. The van der Waals surface area contributed by atoms with E-state index in [2.05, 4.69) is 82.9 Å². The molecule has 0 aliphatic carbocycles. The van der Waals surface area contributed by atoms with Gasteiger partial charge in [0, 0.05) is 11.8 Å². The summed E-state index contributed by atoms with van der Waals surface area (Å²) in [5, 5.41) is 1.55. The summed E-state index contributed by atoms with van der Waals surface area (Å²) in [4.78, 5) is 4.52. The van der Waals surface area contributed by atoms with Gasteiger partial charge in [0.25, 0.3) is 0 Å². The smallest absolute Gasteiger partial charge is 0.0954 e. The van der Waals surface area contributed by atoms with Crippen LogP contribution in [0.2, 0.25) is 0 Å². The number of nitrogens with zero attached hydrogens (tertiary/aromatic N) is 1. The Morgan fingerprint density at radius 2 is 1.41 bits per heavy atom. The van der Waals surface area contributed by atoms with E-state index in [0.717, 1.165) is 5.69 Å². The van der Waals surface area contributed by atoms with E-state index in [1.165, 1.54) is 5.56 Å². The Morgan fingerprint density at radius 3 is 1.91 bits per heavy atom. The Morgan fingerprint density at radius 1 is 0.773 bits per heavy atom. The lowest BCUT2D eigenvalue weighted by Gasteiger charge is -2.38. The molecule has 1 nitrogen and oxygen atoms in total. The molecule has 22 heavy (non-hydrogen) atoms. The molecule has 0 unspecified atom stereocenters. The average molecular weight is 314 g/mol. The topological polar surface area (TPSA) is 12.9 Å². The summed E-state index contributed by atoms with van der Waals surface area (Å²) >= 11 is 0. The molecule has 0 saturated carbocycles. The molecular weight excluding hydrogens is 285 g/mol. The van der Waals surface area contributed by atoms with Gasteiger partial charge in [-0.3, -0.25) is 4.98 Å². The Labute approximate surface area is 136 Å².